The standard InChI is InChI=1S/C31H36O4S/c1-24(2)19-29(34-21-27-15-9-5-10-16-27)31(35-22-28-17-11-6-12-18-28)30(36-25(3)32)23-33-20-26-13-7-4-8-14-26/h4-19,29-31H,20-23H2,1-3H3/t29-,30+,31+/m1/s1. The Morgan fingerprint density at radius 3 is 1.67 bits per heavy atom. The second kappa shape index (κ2) is 15.4. The minimum atomic E-state index is -0.395. The summed E-state index contributed by atoms with van der Waals surface area (Å²) in [7, 11) is 0. The van der Waals surface area contributed by atoms with Gasteiger partial charge in [-0.05, 0) is 30.5 Å². The lowest BCUT2D eigenvalue weighted by molar-refractivity contribution is -0.109. The molecule has 3 rings (SSSR count). The Morgan fingerprint density at radius 1 is 0.722 bits per heavy atom. The predicted octanol–water partition coefficient (Wildman–Crippen LogP) is 6.99. The number of thioether (sulfide) groups is 1. The fraction of sp³-hybridized carbons (Fsp3) is 0.323. The summed E-state index contributed by atoms with van der Waals surface area (Å²) in [5.41, 5.74) is 4.37. The van der Waals surface area contributed by atoms with E-state index in [2.05, 4.69) is 6.08 Å². The summed E-state index contributed by atoms with van der Waals surface area (Å²) >= 11 is 1.26. The van der Waals surface area contributed by atoms with Crippen LogP contribution in [0.25, 0.3) is 0 Å². The SMILES string of the molecule is CC(=O)S[C@@H](COCc1ccccc1)[C@@H](OCc1ccccc1)[C@@H](C=C(C)C)OCc1ccccc1. The van der Waals surface area contributed by atoms with Gasteiger partial charge in [0, 0.05) is 6.92 Å². The zero-order valence-corrected chi connectivity index (χ0v) is 22.2. The number of ether oxygens (including phenoxy) is 3. The zero-order valence-electron chi connectivity index (χ0n) is 21.3. The molecule has 0 saturated carbocycles. The first-order valence-corrected chi connectivity index (χ1v) is 13.1. The van der Waals surface area contributed by atoms with Crippen molar-refractivity contribution in [3.63, 3.8) is 0 Å². The van der Waals surface area contributed by atoms with Crippen molar-refractivity contribution >= 4 is 16.9 Å². The van der Waals surface area contributed by atoms with Crippen LogP contribution in [0.5, 0.6) is 0 Å². The van der Waals surface area contributed by atoms with Crippen LogP contribution in [0.3, 0.4) is 0 Å². The fourth-order valence-electron chi connectivity index (χ4n) is 3.79. The lowest BCUT2D eigenvalue weighted by Crippen LogP contribution is -2.41. The summed E-state index contributed by atoms with van der Waals surface area (Å²) in [5.74, 6) is 0. The van der Waals surface area contributed by atoms with Gasteiger partial charge in [0.25, 0.3) is 0 Å². The van der Waals surface area contributed by atoms with E-state index in [0.717, 1.165) is 22.3 Å². The molecule has 4 nitrogen and oxygen atoms in total. The van der Waals surface area contributed by atoms with Crippen molar-refractivity contribution in [1.82, 2.24) is 0 Å². The molecule has 0 radical (unpaired) electrons. The Morgan fingerprint density at radius 2 is 1.19 bits per heavy atom. The zero-order chi connectivity index (χ0) is 25.6. The van der Waals surface area contributed by atoms with Gasteiger partial charge in [-0.2, -0.15) is 0 Å². The molecule has 3 atom stereocenters. The lowest BCUT2D eigenvalue weighted by Gasteiger charge is -2.32. The molecule has 0 spiro atoms. The van der Waals surface area contributed by atoms with Crippen LogP contribution in [-0.2, 0) is 38.8 Å². The molecule has 0 aliphatic heterocycles. The van der Waals surface area contributed by atoms with Crippen molar-refractivity contribution in [3.05, 3.63) is 119 Å². The Labute approximate surface area is 219 Å². The van der Waals surface area contributed by atoms with Crippen molar-refractivity contribution < 1.29 is 19.0 Å². The molecule has 3 aromatic rings. The minimum Gasteiger partial charge on any atom is -0.376 e. The lowest BCUT2D eigenvalue weighted by atomic mass is 10.1. The van der Waals surface area contributed by atoms with Crippen molar-refractivity contribution in [2.75, 3.05) is 6.61 Å². The molecular weight excluding hydrogens is 468 g/mol. The van der Waals surface area contributed by atoms with Gasteiger partial charge in [-0.15, -0.1) is 0 Å². The molecular formula is C31H36O4S. The van der Waals surface area contributed by atoms with E-state index in [1.54, 1.807) is 6.92 Å². The maximum absolute atomic E-state index is 12.3. The van der Waals surface area contributed by atoms with Gasteiger partial charge in [0.1, 0.15) is 12.2 Å². The van der Waals surface area contributed by atoms with Gasteiger partial charge in [-0.25, -0.2) is 0 Å². The molecule has 36 heavy (non-hydrogen) atoms. The topological polar surface area (TPSA) is 44.8 Å². The highest BCUT2D eigenvalue weighted by Crippen LogP contribution is 2.26. The molecule has 0 aliphatic carbocycles. The Balaban J connectivity index is 1.82. The number of hydrogen-bond donors (Lipinski definition) is 0. The Bertz CT molecular complexity index is 1050. The molecule has 0 heterocycles. The van der Waals surface area contributed by atoms with Gasteiger partial charge in [-0.1, -0.05) is 114 Å². The first-order chi connectivity index (χ1) is 17.5. The fourth-order valence-corrected chi connectivity index (χ4v) is 4.75. The van der Waals surface area contributed by atoms with Gasteiger partial charge in [0.05, 0.1) is 31.7 Å². The van der Waals surface area contributed by atoms with Crippen molar-refractivity contribution in [3.8, 4) is 0 Å². The van der Waals surface area contributed by atoms with Crippen LogP contribution in [0.2, 0.25) is 0 Å². The molecule has 0 aromatic heterocycles. The van der Waals surface area contributed by atoms with Crippen molar-refractivity contribution in [2.45, 2.75) is 58.0 Å². The third-order valence-corrected chi connectivity index (χ3v) is 6.51. The van der Waals surface area contributed by atoms with Crippen molar-refractivity contribution in [2.24, 2.45) is 0 Å². The molecule has 0 amide bonds. The number of carbonyl (C=O) groups excluding carboxylic acids is 1. The molecule has 0 N–H and O–H groups in total. The minimum absolute atomic E-state index is 0.0237. The highest BCUT2D eigenvalue weighted by atomic mass is 32.2. The summed E-state index contributed by atoms with van der Waals surface area (Å²) < 4.78 is 19.1. The molecule has 0 unspecified atom stereocenters. The first-order valence-electron chi connectivity index (χ1n) is 12.3. The van der Waals surface area contributed by atoms with Gasteiger partial charge in [0.2, 0.25) is 0 Å². The van der Waals surface area contributed by atoms with E-state index in [-0.39, 0.29) is 16.5 Å². The monoisotopic (exact) mass is 504 g/mol. The number of carbonyl (C=O) groups is 1. The largest absolute Gasteiger partial charge is 0.376 e. The molecule has 5 heteroatoms. The van der Waals surface area contributed by atoms with Crippen LogP contribution < -0.4 is 0 Å². The van der Waals surface area contributed by atoms with E-state index >= 15 is 0 Å². The van der Waals surface area contributed by atoms with Crippen LogP contribution in [0.15, 0.2) is 103 Å². The van der Waals surface area contributed by atoms with E-state index < -0.39 is 6.10 Å². The summed E-state index contributed by atoms with van der Waals surface area (Å²) in [6.07, 6.45) is 1.34. The van der Waals surface area contributed by atoms with Crippen LogP contribution in [0.4, 0.5) is 0 Å². The average molecular weight is 505 g/mol. The molecule has 3 aromatic carbocycles. The van der Waals surface area contributed by atoms with E-state index in [1.807, 2.05) is 105 Å². The van der Waals surface area contributed by atoms with Crippen LogP contribution in [-0.4, -0.2) is 29.2 Å². The van der Waals surface area contributed by atoms with Gasteiger partial charge >= 0.3 is 0 Å². The first kappa shape index (κ1) is 27.9. The van der Waals surface area contributed by atoms with Gasteiger partial charge in [0.15, 0.2) is 5.12 Å². The van der Waals surface area contributed by atoms with Gasteiger partial charge in [-0.3, -0.25) is 4.79 Å². The highest BCUT2D eigenvalue weighted by molar-refractivity contribution is 8.14. The van der Waals surface area contributed by atoms with Gasteiger partial charge < -0.3 is 14.2 Å². The van der Waals surface area contributed by atoms with E-state index in [9.17, 15) is 4.79 Å². The van der Waals surface area contributed by atoms with Crippen LogP contribution >= 0.6 is 11.8 Å². The highest BCUT2D eigenvalue weighted by Gasteiger charge is 2.32. The molecule has 0 aliphatic rings. The number of benzene rings is 3. The smallest absolute Gasteiger partial charge is 0.186 e. The third kappa shape index (κ3) is 10.1. The molecule has 190 valence electrons. The number of allylic oxidation sites excluding steroid dienone is 1. The summed E-state index contributed by atoms with van der Waals surface area (Å²) in [6.45, 7) is 7.38. The molecule has 0 fully saturated rings. The second-order valence-electron chi connectivity index (χ2n) is 8.92. The van der Waals surface area contributed by atoms with E-state index in [1.165, 1.54) is 11.8 Å². The van der Waals surface area contributed by atoms with E-state index in [4.69, 9.17) is 14.2 Å². The normalized spacial score (nSPS) is 13.5. The van der Waals surface area contributed by atoms with Crippen LogP contribution in [0, 0.1) is 0 Å². The molecule has 0 bridgehead atoms. The van der Waals surface area contributed by atoms with Crippen molar-refractivity contribution in [1.29, 1.82) is 0 Å². The Hall–Kier alpha value is -2.70. The van der Waals surface area contributed by atoms with Crippen LogP contribution in [0.1, 0.15) is 37.5 Å². The maximum atomic E-state index is 12.3. The summed E-state index contributed by atoms with van der Waals surface area (Å²) in [5, 5.41) is -0.220. The summed E-state index contributed by atoms with van der Waals surface area (Å²) in [4.78, 5) is 12.3. The average Bonchev–Trinajstić information content (AvgIpc) is 2.88. The van der Waals surface area contributed by atoms with E-state index in [0.29, 0.717) is 26.4 Å². The number of rotatable bonds is 14. The quantitative estimate of drug-likeness (QED) is 0.221. The molecule has 0 saturated heterocycles. The predicted molar refractivity (Wildman–Crippen MR) is 148 cm³/mol. The maximum Gasteiger partial charge on any atom is 0.186 e. The third-order valence-electron chi connectivity index (χ3n) is 5.47. The summed E-state index contributed by atoms with van der Waals surface area (Å²) in [6, 6.07) is 30.2. The Kier molecular flexibility index (Phi) is 11.9. The number of hydrogen-bond acceptors (Lipinski definition) is 5. The second-order valence-corrected chi connectivity index (χ2v) is 10.3.